The molecular weight excluding hydrogens is 282 g/mol. The molecule has 2 unspecified atom stereocenters. The highest BCUT2D eigenvalue weighted by Crippen LogP contribution is 2.29. The van der Waals surface area contributed by atoms with Crippen LogP contribution in [-0.2, 0) is 12.8 Å². The van der Waals surface area contributed by atoms with E-state index in [0.717, 1.165) is 37.2 Å². The average molecular weight is 305 g/mol. The first-order valence-electron chi connectivity index (χ1n) is 7.82. The molecule has 0 spiro atoms. The Morgan fingerprint density at radius 3 is 2.90 bits per heavy atom. The molecule has 1 aromatic rings. The molecule has 4 nitrogen and oxygen atoms in total. The number of aromatic nitrogens is 1. The van der Waals surface area contributed by atoms with E-state index in [4.69, 9.17) is 22.9 Å². The Morgan fingerprint density at radius 1 is 1.43 bits per heavy atom. The van der Waals surface area contributed by atoms with Crippen LogP contribution < -0.4 is 10.6 Å². The molecule has 5 heteroatoms. The minimum absolute atomic E-state index is 0.309. The summed E-state index contributed by atoms with van der Waals surface area (Å²) in [6.07, 6.45) is 5.17. The number of anilines is 1. The molecule has 3 N–H and O–H groups in total. The zero-order valence-corrected chi connectivity index (χ0v) is 13.3. The Morgan fingerprint density at radius 2 is 2.19 bits per heavy atom. The van der Waals surface area contributed by atoms with E-state index < -0.39 is 0 Å². The Kier molecular flexibility index (Phi) is 4.13. The first kappa shape index (κ1) is 14.7. The Balaban J connectivity index is 1.98. The molecule has 1 aliphatic carbocycles. The van der Waals surface area contributed by atoms with Gasteiger partial charge in [-0.15, -0.1) is 0 Å². The van der Waals surface area contributed by atoms with Gasteiger partial charge in [0, 0.05) is 18.8 Å². The number of hydrogen-bond donors (Lipinski definition) is 2. The Hall–Kier alpha value is -1.20. The number of piperidine rings is 1. The third-order valence-corrected chi connectivity index (χ3v) is 4.98. The van der Waals surface area contributed by atoms with E-state index >= 15 is 0 Å². The van der Waals surface area contributed by atoms with Gasteiger partial charge in [-0.05, 0) is 49.7 Å². The van der Waals surface area contributed by atoms with Gasteiger partial charge < -0.3 is 15.7 Å². The van der Waals surface area contributed by atoms with E-state index in [9.17, 15) is 5.11 Å². The molecule has 0 amide bonds. The van der Waals surface area contributed by atoms with Crippen LogP contribution in [0.1, 0.15) is 43.0 Å². The first-order chi connectivity index (χ1) is 10.1. The number of thiocarbonyl (C=S) groups is 1. The molecule has 3 rings (SSSR count). The van der Waals surface area contributed by atoms with E-state index in [-0.39, 0.29) is 6.10 Å². The van der Waals surface area contributed by atoms with E-state index in [1.54, 1.807) is 0 Å². The van der Waals surface area contributed by atoms with Crippen LogP contribution >= 0.6 is 12.2 Å². The van der Waals surface area contributed by atoms with Crippen LogP contribution in [0.5, 0.6) is 0 Å². The van der Waals surface area contributed by atoms with E-state index in [0.29, 0.717) is 17.5 Å². The number of fused-ring (bicyclic) bond motifs is 1. The van der Waals surface area contributed by atoms with Crippen LogP contribution in [0.3, 0.4) is 0 Å². The predicted octanol–water partition coefficient (Wildman–Crippen LogP) is 1.80. The molecule has 0 bridgehead atoms. The van der Waals surface area contributed by atoms with Crippen LogP contribution in [-0.4, -0.2) is 34.3 Å². The highest BCUT2D eigenvalue weighted by molar-refractivity contribution is 7.80. The number of aliphatic hydroxyl groups excluding tert-OH is 1. The number of β-amino-alcohol motifs (C(OH)–C–C–N with tert-alkyl or cyclic N) is 1. The van der Waals surface area contributed by atoms with E-state index in [2.05, 4.69) is 17.9 Å². The molecule has 0 radical (unpaired) electrons. The monoisotopic (exact) mass is 305 g/mol. The summed E-state index contributed by atoms with van der Waals surface area (Å²) in [5.41, 5.74) is 9.26. The van der Waals surface area contributed by atoms with Gasteiger partial charge in [0.25, 0.3) is 0 Å². The lowest BCUT2D eigenvalue weighted by molar-refractivity contribution is 0.102. The minimum atomic E-state index is -0.309. The van der Waals surface area contributed by atoms with Gasteiger partial charge >= 0.3 is 0 Å². The van der Waals surface area contributed by atoms with Gasteiger partial charge in [0.15, 0.2) is 0 Å². The van der Waals surface area contributed by atoms with Crippen LogP contribution in [0.2, 0.25) is 0 Å². The molecule has 1 saturated heterocycles. The molecule has 2 heterocycles. The average Bonchev–Trinajstić information content (AvgIpc) is 2.48. The summed E-state index contributed by atoms with van der Waals surface area (Å²) in [5, 5.41) is 10.1. The fourth-order valence-electron chi connectivity index (χ4n) is 3.29. The molecule has 0 saturated carbocycles. The second-order valence-electron chi connectivity index (χ2n) is 6.32. The number of aliphatic hydroxyl groups is 1. The molecule has 1 aliphatic heterocycles. The maximum atomic E-state index is 10.1. The highest BCUT2D eigenvalue weighted by Gasteiger charge is 2.28. The SMILES string of the molecule is CC1CCN(c2nc3c(cc2C(N)=S)CCCC3)CC1O. The van der Waals surface area contributed by atoms with Gasteiger partial charge in [-0.2, -0.15) is 0 Å². The van der Waals surface area contributed by atoms with Gasteiger partial charge in [0.2, 0.25) is 0 Å². The predicted molar refractivity (Wildman–Crippen MR) is 88.8 cm³/mol. The minimum Gasteiger partial charge on any atom is -0.391 e. The van der Waals surface area contributed by atoms with Gasteiger partial charge in [0.1, 0.15) is 10.8 Å². The standard InChI is InChI=1S/C16H23N3OS/c1-10-6-7-19(9-14(10)20)16-12(15(17)21)8-11-4-2-3-5-13(11)18-16/h8,10,14,20H,2-7,9H2,1H3,(H2,17,21). The van der Waals surface area contributed by atoms with Crippen molar-refractivity contribution in [3.05, 3.63) is 22.9 Å². The maximum Gasteiger partial charge on any atom is 0.139 e. The summed E-state index contributed by atoms with van der Waals surface area (Å²) >= 11 is 5.23. The van der Waals surface area contributed by atoms with Crippen molar-refractivity contribution in [1.82, 2.24) is 4.98 Å². The zero-order valence-electron chi connectivity index (χ0n) is 12.5. The van der Waals surface area contributed by atoms with E-state index in [1.165, 1.54) is 24.1 Å². The van der Waals surface area contributed by atoms with Gasteiger partial charge in [-0.25, -0.2) is 4.98 Å². The lowest BCUT2D eigenvalue weighted by atomic mass is 9.93. The second kappa shape index (κ2) is 5.89. The van der Waals surface area contributed by atoms with E-state index in [1.807, 2.05) is 0 Å². The third-order valence-electron chi connectivity index (χ3n) is 4.76. The normalized spacial score (nSPS) is 25.5. The van der Waals surface area contributed by atoms with Crippen molar-refractivity contribution in [3.63, 3.8) is 0 Å². The van der Waals surface area contributed by atoms with Crippen molar-refractivity contribution in [2.45, 2.75) is 45.1 Å². The van der Waals surface area contributed by atoms with Crippen LogP contribution in [0.4, 0.5) is 5.82 Å². The quantitative estimate of drug-likeness (QED) is 0.816. The number of rotatable bonds is 2. The van der Waals surface area contributed by atoms with Crippen molar-refractivity contribution >= 4 is 23.0 Å². The number of hydrogen-bond acceptors (Lipinski definition) is 4. The number of nitrogens with zero attached hydrogens (tertiary/aromatic N) is 2. The van der Waals surface area contributed by atoms with Crippen LogP contribution in [0, 0.1) is 5.92 Å². The molecular formula is C16H23N3OS. The number of aryl methyl sites for hydroxylation is 2. The Bertz CT molecular complexity index is 561. The first-order valence-corrected chi connectivity index (χ1v) is 8.22. The zero-order chi connectivity index (χ0) is 15.0. The van der Waals surface area contributed by atoms with Crippen LogP contribution in [0.25, 0.3) is 0 Å². The summed E-state index contributed by atoms with van der Waals surface area (Å²) < 4.78 is 0. The van der Waals surface area contributed by atoms with Gasteiger partial charge in [0.05, 0.1) is 11.7 Å². The van der Waals surface area contributed by atoms with Gasteiger partial charge in [-0.1, -0.05) is 19.1 Å². The van der Waals surface area contributed by atoms with Crippen molar-refractivity contribution in [3.8, 4) is 0 Å². The fraction of sp³-hybridized carbons (Fsp3) is 0.625. The molecule has 2 atom stereocenters. The summed E-state index contributed by atoms with van der Waals surface area (Å²) in [5.74, 6) is 1.21. The largest absolute Gasteiger partial charge is 0.391 e. The molecule has 2 aliphatic rings. The van der Waals surface area contributed by atoms with Crippen molar-refractivity contribution in [2.75, 3.05) is 18.0 Å². The summed E-state index contributed by atoms with van der Waals surface area (Å²) in [4.78, 5) is 7.41. The number of pyridine rings is 1. The number of nitrogens with two attached hydrogens (primary N) is 1. The van der Waals surface area contributed by atoms with Crippen molar-refractivity contribution in [2.24, 2.45) is 11.7 Å². The van der Waals surface area contributed by atoms with Crippen molar-refractivity contribution in [1.29, 1.82) is 0 Å². The molecule has 0 aromatic carbocycles. The fourth-order valence-corrected chi connectivity index (χ4v) is 3.44. The highest BCUT2D eigenvalue weighted by atomic mass is 32.1. The van der Waals surface area contributed by atoms with Gasteiger partial charge in [-0.3, -0.25) is 0 Å². The smallest absolute Gasteiger partial charge is 0.139 e. The Labute approximate surface area is 131 Å². The second-order valence-corrected chi connectivity index (χ2v) is 6.76. The van der Waals surface area contributed by atoms with Crippen molar-refractivity contribution < 1.29 is 5.11 Å². The summed E-state index contributed by atoms with van der Waals surface area (Å²) in [7, 11) is 0. The molecule has 1 fully saturated rings. The topological polar surface area (TPSA) is 62.4 Å². The molecule has 114 valence electrons. The molecule has 21 heavy (non-hydrogen) atoms. The maximum absolute atomic E-state index is 10.1. The molecule has 1 aromatic heterocycles. The summed E-state index contributed by atoms with van der Waals surface area (Å²) in [6.45, 7) is 3.61. The lowest BCUT2D eigenvalue weighted by Crippen LogP contribution is -2.44. The summed E-state index contributed by atoms with van der Waals surface area (Å²) in [6, 6.07) is 2.13. The third kappa shape index (κ3) is 2.90. The van der Waals surface area contributed by atoms with Crippen LogP contribution in [0.15, 0.2) is 6.07 Å². The lowest BCUT2D eigenvalue weighted by Gasteiger charge is -2.36.